The van der Waals surface area contributed by atoms with Gasteiger partial charge in [0, 0.05) is 5.92 Å². The molecule has 6 nitrogen and oxygen atoms in total. The van der Waals surface area contributed by atoms with Gasteiger partial charge in [0.15, 0.2) is 9.34 Å². The molecule has 2 saturated carbocycles. The standard InChI is InChI=1S/C12H17N3O3S2/c1-6-11(20(13,17)18)19-12(14-6)15-10(16)9-5-7-2-3-8(9)4-7/h7-9H,2-5H2,1H3,(H2,13,17,18)(H,14,15,16). The van der Waals surface area contributed by atoms with Crippen LogP contribution in [0.5, 0.6) is 0 Å². The first kappa shape index (κ1) is 14.0. The molecule has 0 radical (unpaired) electrons. The zero-order valence-corrected chi connectivity index (χ0v) is 12.8. The van der Waals surface area contributed by atoms with Gasteiger partial charge in [0.2, 0.25) is 15.9 Å². The minimum atomic E-state index is -3.77. The molecule has 2 aliphatic carbocycles. The fourth-order valence-electron chi connectivity index (χ4n) is 3.46. The number of primary sulfonamides is 1. The molecule has 2 aliphatic rings. The number of nitrogens with one attached hydrogen (secondary N) is 1. The van der Waals surface area contributed by atoms with Crippen molar-refractivity contribution in [1.29, 1.82) is 0 Å². The highest BCUT2D eigenvalue weighted by Gasteiger charge is 2.43. The zero-order valence-electron chi connectivity index (χ0n) is 11.1. The number of aromatic nitrogens is 1. The number of aryl methyl sites for hydroxylation is 1. The van der Waals surface area contributed by atoms with Gasteiger partial charge in [0.05, 0.1) is 5.69 Å². The number of carbonyl (C=O) groups is 1. The molecule has 1 aromatic heterocycles. The third-order valence-corrected chi connectivity index (χ3v) is 6.94. The van der Waals surface area contributed by atoms with Gasteiger partial charge in [-0.15, -0.1) is 0 Å². The number of nitrogens with two attached hydrogens (primary N) is 1. The number of hydrogen-bond donors (Lipinski definition) is 2. The Hall–Kier alpha value is -0.990. The molecule has 0 aliphatic heterocycles. The summed E-state index contributed by atoms with van der Waals surface area (Å²) in [6, 6.07) is 0. The molecule has 0 aromatic carbocycles. The summed E-state index contributed by atoms with van der Waals surface area (Å²) in [5.74, 6) is 1.19. The molecule has 3 atom stereocenters. The summed E-state index contributed by atoms with van der Waals surface area (Å²) in [4.78, 5) is 16.3. The Bertz CT molecular complexity index is 653. The molecule has 0 saturated heterocycles. The van der Waals surface area contributed by atoms with E-state index in [0.29, 0.717) is 22.7 Å². The SMILES string of the molecule is Cc1nc(NC(=O)C2CC3CCC2C3)sc1S(N)(=O)=O. The van der Waals surface area contributed by atoms with Crippen LogP contribution in [0.1, 0.15) is 31.4 Å². The Morgan fingerprint density at radius 1 is 1.40 bits per heavy atom. The molecular weight excluding hydrogens is 298 g/mol. The van der Waals surface area contributed by atoms with Gasteiger partial charge in [-0.1, -0.05) is 17.8 Å². The van der Waals surface area contributed by atoms with E-state index < -0.39 is 10.0 Å². The monoisotopic (exact) mass is 315 g/mol. The summed E-state index contributed by atoms with van der Waals surface area (Å²) in [5.41, 5.74) is 0.334. The Balaban J connectivity index is 1.74. The first-order valence-electron chi connectivity index (χ1n) is 6.65. The second-order valence-corrected chi connectivity index (χ2v) is 8.46. The molecule has 20 heavy (non-hydrogen) atoms. The minimum Gasteiger partial charge on any atom is -0.302 e. The Morgan fingerprint density at radius 2 is 2.15 bits per heavy atom. The summed E-state index contributed by atoms with van der Waals surface area (Å²) >= 11 is 0.918. The van der Waals surface area contributed by atoms with Crippen molar-refractivity contribution >= 4 is 32.4 Å². The number of amides is 1. The number of hydrogen-bond acceptors (Lipinski definition) is 5. The molecule has 3 N–H and O–H groups in total. The van der Waals surface area contributed by atoms with Crippen LogP contribution in [0.4, 0.5) is 5.13 Å². The van der Waals surface area contributed by atoms with Crippen LogP contribution in [0.2, 0.25) is 0 Å². The lowest BCUT2D eigenvalue weighted by molar-refractivity contribution is -0.121. The topological polar surface area (TPSA) is 102 Å². The van der Waals surface area contributed by atoms with E-state index in [2.05, 4.69) is 10.3 Å². The largest absolute Gasteiger partial charge is 0.302 e. The van der Waals surface area contributed by atoms with Crippen molar-refractivity contribution in [2.45, 2.75) is 36.8 Å². The maximum Gasteiger partial charge on any atom is 0.249 e. The smallest absolute Gasteiger partial charge is 0.249 e. The minimum absolute atomic E-state index is 0.0146. The molecule has 1 aromatic rings. The average molecular weight is 315 g/mol. The molecular formula is C12H17N3O3S2. The van der Waals surface area contributed by atoms with Crippen LogP contribution in [0, 0.1) is 24.7 Å². The van der Waals surface area contributed by atoms with Gasteiger partial charge in [-0.25, -0.2) is 18.5 Å². The maximum absolute atomic E-state index is 12.2. The second kappa shape index (κ2) is 4.78. The van der Waals surface area contributed by atoms with Crippen LogP contribution in [-0.2, 0) is 14.8 Å². The van der Waals surface area contributed by atoms with E-state index in [-0.39, 0.29) is 16.0 Å². The first-order valence-corrected chi connectivity index (χ1v) is 9.02. The average Bonchev–Trinajstić information content (AvgIpc) is 3.02. The summed E-state index contributed by atoms with van der Waals surface area (Å²) in [5, 5.41) is 8.17. The van der Waals surface area contributed by atoms with Crippen LogP contribution in [-0.4, -0.2) is 19.3 Å². The summed E-state index contributed by atoms with van der Waals surface area (Å²) in [7, 11) is -3.77. The summed E-state index contributed by atoms with van der Waals surface area (Å²) < 4.78 is 22.7. The molecule has 110 valence electrons. The van der Waals surface area contributed by atoms with E-state index in [1.807, 2.05) is 0 Å². The van der Waals surface area contributed by atoms with Gasteiger partial charge in [-0.05, 0) is 38.0 Å². The van der Waals surface area contributed by atoms with Gasteiger partial charge in [0.1, 0.15) is 0 Å². The Morgan fingerprint density at radius 3 is 2.65 bits per heavy atom. The Kier molecular flexibility index (Phi) is 3.34. The van der Waals surface area contributed by atoms with Gasteiger partial charge in [0.25, 0.3) is 0 Å². The normalized spacial score (nSPS) is 28.8. The lowest BCUT2D eigenvalue weighted by Crippen LogP contribution is -2.27. The van der Waals surface area contributed by atoms with Gasteiger partial charge < -0.3 is 5.32 Å². The number of carbonyl (C=O) groups excluding carboxylic acids is 1. The zero-order chi connectivity index (χ0) is 14.5. The van der Waals surface area contributed by atoms with Crippen molar-refractivity contribution in [2.24, 2.45) is 22.9 Å². The van der Waals surface area contributed by atoms with Gasteiger partial charge >= 0.3 is 0 Å². The number of fused-ring (bicyclic) bond motifs is 2. The lowest BCUT2D eigenvalue weighted by atomic mass is 9.88. The lowest BCUT2D eigenvalue weighted by Gasteiger charge is -2.19. The van der Waals surface area contributed by atoms with Gasteiger partial charge in [-0.2, -0.15) is 0 Å². The van der Waals surface area contributed by atoms with Crippen LogP contribution in [0.15, 0.2) is 4.21 Å². The predicted octanol–water partition coefficient (Wildman–Crippen LogP) is 1.47. The van der Waals surface area contributed by atoms with E-state index in [1.54, 1.807) is 6.92 Å². The molecule has 3 unspecified atom stereocenters. The quantitative estimate of drug-likeness (QED) is 0.881. The number of rotatable bonds is 3. The number of sulfonamides is 1. The third-order valence-electron chi connectivity index (χ3n) is 4.32. The molecule has 2 fully saturated rings. The first-order chi connectivity index (χ1) is 9.34. The highest BCUT2D eigenvalue weighted by atomic mass is 32.2. The van der Waals surface area contributed by atoms with Crippen molar-refractivity contribution in [3.63, 3.8) is 0 Å². The van der Waals surface area contributed by atoms with E-state index >= 15 is 0 Å². The van der Waals surface area contributed by atoms with Crippen LogP contribution < -0.4 is 10.5 Å². The Labute approximate surface area is 121 Å². The van der Waals surface area contributed by atoms with Crippen molar-refractivity contribution in [1.82, 2.24) is 4.98 Å². The van der Waals surface area contributed by atoms with Crippen molar-refractivity contribution < 1.29 is 13.2 Å². The fraction of sp³-hybridized carbons (Fsp3) is 0.667. The maximum atomic E-state index is 12.2. The molecule has 3 rings (SSSR count). The molecule has 2 bridgehead atoms. The van der Waals surface area contributed by atoms with E-state index in [0.717, 1.165) is 30.6 Å². The van der Waals surface area contributed by atoms with Crippen LogP contribution in [0.3, 0.4) is 0 Å². The van der Waals surface area contributed by atoms with Crippen molar-refractivity contribution in [3.8, 4) is 0 Å². The van der Waals surface area contributed by atoms with Crippen LogP contribution >= 0.6 is 11.3 Å². The van der Waals surface area contributed by atoms with E-state index in [4.69, 9.17) is 5.14 Å². The predicted molar refractivity (Wildman–Crippen MR) is 75.8 cm³/mol. The molecule has 1 heterocycles. The van der Waals surface area contributed by atoms with E-state index in [9.17, 15) is 13.2 Å². The van der Waals surface area contributed by atoms with E-state index in [1.165, 1.54) is 6.42 Å². The molecule has 8 heteroatoms. The van der Waals surface area contributed by atoms with Crippen LogP contribution in [0.25, 0.3) is 0 Å². The highest BCUT2D eigenvalue weighted by molar-refractivity contribution is 7.91. The summed E-state index contributed by atoms with van der Waals surface area (Å²) in [6.07, 6.45) is 4.46. The molecule has 1 amide bonds. The summed E-state index contributed by atoms with van der Waals surface area (Å²) in [6.45, 7) is 1.57. The highest BCUT2D eigenvalue weighted by Crippen LogP contribution is 2.48. The number of nitrogens with zero attached hydrogens (tertiary/aromatic N) is 1. The van der Waals surface area contributed by atoms with Crippen molar-refractivity contribution in [2.75, 3.05) is 5.32 Å². The second-order valence-electron chi connectivity index (χ2n) is 5.71. The fourth-order valence-corrected chi connectivity index (χ4v) is 5.33. The third kappa shape index (κ3) is 2.47. The van der Waals surface area contributed by atoms with Gasteiger partial charge in [-0.3, -0.25) is 4.79 Å². The number of thiazole rings is 1. The number of anilines is 1. The molecule has 0 spiro atoms. The van der Waals surface area contributed by atoms with Crippen molar-refractivity contribution in [3.05, 3.63) is 5.69 Å².